The number of nitrogens with zero attached hydrogens (tertiary/aromatic N) is 1. The molecule has 2 aromatic rings. The van der Waals surface area contributed by atoms with Gasteiger partial charge in [-0.25, -0.2) is 0 Å². The van der Waals surface area contributed by atoms with Gasteiger partial charge in [0.25, 0.3) is 0 Å². The Morgan fingerprint density at radius 1 is 1.38 bits per heavy atom. The average Bonchev–Trinajstić information content (AvgIpc) is 2.28. The summed E-state index contributed by atoms with van der Waals surface area (Å²) in [5.41, 5.74) is 2.30. The van der Waals surface area contributed by atoms with E-state index in [1.54, 1.807) is 0 Å². The van der Waals surface area contributed by atoms with Crippen molar-refractivity contribution < 1.29 is 0 Å². The highest BCUT2D eigenvalue weighted by Crippen LogP contribution is 2.23. The Labute approximate surface area is 109 Å². The Morgan fingerprint density at radius 2 is 2.19 bits per heavy atom. The molecule has 1 unspecified atom stereocenters. The summed E-state index contributed by atoms with van der Waals surface area (Å²) in [6.45, 7) is 2.18. The normalized spacial score (nSPS) is 12.9. The van der Waals surface area contributed by atoms with E-state index in [0.717, 1.165) is 23.4 Å². The smallest absolute Gasteiger partial charge is 0.0719 e. The summed E-state index contributed by atoms with van der Waals surface area (Å²) >= 11 is 9.62. The Kier molecular flexibility index (Phi) is 3.82. The summed E-state index contributed by atoms with van der Waals surface area (Å²) in [6.07, 6.45) is 4.00. The number of hydrogen-bond acceptors (Lipinski definition) is 1. The lowest BCUT2D eigenvalue weighted by Gasteiger charge is -2.09. The van der Waals surface area contributed by atoms with Crippen molar-refractivity contribution in [1.82, 2.24) is 4.98 Å². The van der Waals surface area contributed by atoms with E-state index in [4.69, 9.17) is 11.6 Å². The Balaban J connectivity index is 2.45. The second-order valence-electron chi connectivity index (χ2n) is 3.84. The molecule has 1 aromatic heterocycles. The maximum absolute atomic E-state index is 5.95. The van der Waals surface area contributed by atoms with Crippen LogP contribution in [0.2, 0.25) is 5.02 Å². The molecule has 2 rings (SSSR count). The summed E-state index contributed by atoms with van der Waals surface area (Å²) in [6, 6.07) is 7.97. The molecule has 0 N–H and O–H groups in total. The van der Waals surface area contributed by atoms with Gasteiger partial charge in [-0.1, -0.05) is 40.5 Å². The number of pyridine rings is 1. The SMILES string of the molecule is CCC(Br)Cc1ccnc2cc(Cl)ccc12. The molecule has 0 amide bonds. The highest BCUT2D eigenvalue weighted by Gasteiger charge is 2.07. The first kappa shape index (κ1) is 11.9. The van der Waals surface area contributed by atoms with E-state index in [2.05, 4.69) is 40.0 Å². The summed E-state index contributed by atoms with van der Waals surface area (Å²) in [5.74, 6) is 0. The van der Waals surface area contributed by atoms with E-state index in [0.29, 0.717) is 4.83 Å². The summed E-state index contributed by atoms with van der Waals surface area (Å²) in [4.78, 5) is 4.86. The van der Waals surface area contributed by atoms with Gasteiger partial charge in [-0.15, -0.1) is 0 Å². The summed E-state index contributed by atoms with van der Waals surface area (Å²) < 4.78 is 0. The van der Waals surface area contributed by atoms with Crippen LogP contribution in [0.15, 0.2) is 30.5 Å². The second-order valence-corrected chi connectivity index (χ2v) is 5.57. The Bertz CT molecular complexity index is 498. The van der Waals surface area contributed by atoms with Gasteiger partial charge in [-0.3, -0.25) is 4.98 Å². The lowest BCUT2D eigenvalue weighted by Crippen LogP contribution is -2.01. The molecule has 1 atom stereocenters. The predicted molar refractivity (Wildman–Crippen MR) is 73.5 cm³/mol. The number of alkyl halides is 1. The van der Waals surface area contributed by atoms with Crippen molar-refractivity contribution in [2.75, 3.05) is 0 Å². The van der Waals surface area contributed by atoms with Crippen molar-refractivity contribution in [2.24, 2.45) is 0 Å². The van der Waals surface area contributed by atoms with Crippen molar-refractivity contribution in [3.63, 3.8) is 0 Å². The lowest BCUT2D eigenvalue weighted by molar-refractivity contribution is 0.833. The first-order chi connectivity index (χ1) is 7.70. The molecule has 1 nitrogen and oxygen atoms in total. The van der Waals surface area contributed by atoms with Crippen LogP contribution in [0, 0.1) is 0 Å². The first-order valence-electron chi connectivity index (χ1n) is 5.38. The number of rotatable bonds is 3. The van der Waals surface area contributed by atoms with Crippen molar-refractivity contribution in [3.05, 3.63) is 41.0 Å². The van der Waals surface area contributed by atoms with Crippen LogP contribution in [-0.2, 0) is 6.42 Å². The van der Waals surface area contributed by atoms with Crippen LogP contribution in [0.5, 0.6) is 0 Å². The molecule has 3 heteroatoms. The van der Waals surface area contributed by atoms with Gasteiger partial charge in [0.1, 0.15) is 0 Å². The van der Waals surface area contributed by atoms with Crippen molar-refractivity contribution >= 4 is 38.4 Å². The monoisotopic (exact) mass is 297 g/mol. The maximum Gasteiger partial charge on any atom is 0.0719 e. The fourth-order valence-corrected chi connectivity index (χ4v) is 2.26. The quantitative estimate of drug-likeness (QED) is 0.754. The largest absolute Gasteiger partial charge is 0.256 e. The number of hydrogen-bond donors (Lipinski definition) is 0. The minimum Gasteiger partial charge on any atom is -0.256 e. The average molecular weight is 299 g/mol. The van der Waals surface area contributed by atoms with Crippen LogP contribution >= 0.6 is 27.5 Å². The van der Waals surface area contributed by atoms with Crippen LogP contribution in [0.25, 0.3) is 10.9 Å². The van der Waals surface area contributed by atoms with E-state index in [1.807, 2.05) is 18.3 Å². The van der Waals surface area contributed by atoms with Gasteiger partial charge in [0.05, 0.1) is 5.52 Å². The number of fused-ring (bicyclic) bond motifs is 1. The fourth-order valence-electron chi connectivity index (χ4n) is 1.74. The molecular formula is C13H13BrClN. The third-order valence-electron chi connectivity index (χ3n) is 2.68. The zero-order valence-corrected chi connectivity index (χ0v) is 11.4. The molecule has 0 spiro atoms. The van der Waals surface area contributed by atoms with Crippen LogP contribution in [0.4, 0.5) is 0 Å². The predicted octanol–water partition coefficient (Wildman–Crippen LogP) is 4.60. The second kappa shape index (κ2) is 5.15. The van der Waals surface area contributed by atoms with E-state index in [-0.39, 0.29) is 0 Å². The maximum atomic E-state index is 5.95. The Hall–Kier alpha value is -0.600. The van der Waals surface area contributed by atoms with Crippen LogP contribution in [0.1, 0.15) is 18.9 Å². The van der Waals surface area contributed by atoms with Crippen molar-refractivity contribution in [2.45, 2.75) is 24.6 Å². The number of aromatic nitrogens is 1. The standard InChI is InChI=1S/C13H13BrClN/c1-2-10(14)7-9-5-6-16-13-8-11(15)3-4-12(9)13/h3-6,8,10H,2,7H2,1H3. The van der Waals surface area contributed by atoms with Crippen molar-refractivity contribution in [1.29, 1.82) is 0 Å². The highest BCUT2D eigenvalue weighted by atomic mass is 79.9. The van der Waals surface area contributed by atoms with E-state index in [1.165, 1.54) is 10.9 Å². The van der Waals surface area contributed by atoms with Gasteiger partial charge in [0.2, 0.25) is 0 Å². The fraction of sp³-hybridized carbons (Fsp3) is 0.308. The van der Waals surface area contributed by atoms with E-state index >= 15 is 0 Å². The van der Waals surface area contributed by atoms with Gasteiger partial charge in [0, 0.05) is 21.4 Å². The molecule has 1 heterocycles. The van der Waals surface area contributed by atoms with Crippen molar-refractivity contribution in [3.8, 4) is 0 Å². The number of benzene rings is 1. The molecule has 0 fully saturated rings. The topological polar surface area (TPSA) is 12.9 Å². The molecule has 84 valence electrons. The minimum atomic E-state index is 0.522. The highest BCUT2D eigenvalue weighted by molar-refractivity contribution is 9.09. The van der Waals surface area contributed by atoms with Gasteiger partial charge >= 0.3 is 0 Å². The summed E-state index contributed by atoms with van der Waals surface area (Å²) in [5, 5.41) is 1.94. The van der Waals surface area contributed by atoms with E-state index in [9.17, 15) is 0 Å². The van der Waals surface area contributed by atoms with Gasteiger partial charge < -0.3 is 0 Å². The lowest BCUT2D eigenvalue weighted by atomic mass is 10.0. The minimum absolute atomic E-state index is 0.522. The van der Waals surface area contributed by atoms with Gasteiger partial charge in [0.15, 0.2) is 0 Å². The van der Waals surface area contributed by atoms with Crippen LogP contribution in [0.3, 0.4) is 0 Å². The first-order valence-corrected chi connectivity index (χ1v) is 6.67. The van der Waals surface area contributed by atoms with Gasteiger partial charge in [-0.2, -0.15) is 0 Å². The molecule has 0 bridgehead atoms. The number of halogens is 2. The molecule has 0 radical (unpaired) electrons. The zero-order valence-electron chi connectivity index (χ0n) is 9.08. The molecule has 1 aromatic carbocycles. The molecule has 0 aliphatic heterocycles. The molecule has 0 saturated carbocycles. The molecule has 0 aliphatic carbocycles. The molecular weight excluding hydrogens is 286 g/mol. The third kappa shape index (κ3) is 2.55. The van der Waals surface area contributed by atoms with E-state index < -0.39 is 0 Å². The molecule has 16 heavy (non-hydrogen) atoms. The van der Waals surface area contributed by atoms with Crippen LogP contribution in [-0.4, -0.2) is 9.81 Å². The third-order valence-corrected chi connectivity index (χ3v) is 3.89. The molecule has 0 aliphatic rings. The molecule has 0 saturated heterocycles. The zero-order chi connectivity index (χ0) is 11.5. The van der Waals surface area contributed by atoms with Crippen LogP contribution < -0.4 is 0 Å². The van der Waals surface area contributed by atoms with Gasteiger partial charge in [-0.05, 0) is 36.6 Å². The summed E-state index contributed by atoms with van der Waals surface area (Å²) in [7, 11) is 0. The Morgan fingerprint density at radius 3 is 2.94 bits per heavy atom.